The van der Waals surface area contributed by atoms with Gasteiger partial charge in [-0.3, -0.25) is 0 Å². The van der Waals surface area contributed by atoms with Crippen LogP contribution >= 0.6 is 38.5 Å². The molecule has 0 fully saturated rings. The van der Waals surface area contributed by atoms with Crippen LogP contribution < -0.4 is 0 Å². The maximum atomic E-state index is 10.5. The van der Waals surface area contributed by atoms with Crippen LogP contribution in [0, 0.1) is 10.5 Å². The Morgan fingerprint density at radius 1 is 1.57 bits per heavy atom. The van der Waals surface area contributed by atoms with Gasteiger partial charge >= 0.3 is 5.97 Å². The minimum Gasteiger partial charge on any atom is -0.479 e. The molecule has 0 spiro atoms. The summed E-state index contributed by atoms with van der Waals surface area (Å²) in [5.41, 5.74) is 1.42. The number of rotatable bonds is 2. The zero-order valence-corrected chi connectivity index (χ0v) is 11.0. The zero-order chi connectivity index (χ0) is 10.9. The quantitative estimate of drug-likeness (QED) is 0.786. The molecule has 0 saturated heterocycles. The van der Waals surface area contributed by atoms with Gasteiger partial charge in [0.1, 0.15) is 0 Å². The maximum absolute atomic E-state index is 10.5. The average Bonchev–Trinajstić information content (AvgIpc) is 2.12. The molecule has 14 heavy (non-hydrogen) atoms. The molecule has 1 aromatic carbocycles. The van der Waals surface area contributed by atoms with Crippen molar-refractivity contribution in [2.24, 2.45) is 0 Å². The normalized spacial score (nSPS) is 12.6. The predicted octanol–water partition coefficient (Wildman–Crippen LogP) is 2.48. The summed E-state index contributed by atoms with van der Waals surface area (Å²) in [6.07, 6.45) is -1.46. The van der Waals surface area contributed by atoms with Gasteiger partial charge in [-0.25, -0.2) is 4.79 Å². The standard InChI is InChI=1S/C9H8BrIO3/c1-4-6(10)2-5(3-7(4)11)8(12)9(13)14/h2-3,8,12H,1H3,(H,13,14). The Kier molecular flexibility index (Phi) is 3.91. The van der Waals surface area contributed by atoms with Crippen molar-refractivity contribution in [2.75, 3.05) is 0 Å². The van der Waals surface area contributed by atoms with Gasteiger partial charge < -0.3 is 10.2 Å². The van der Waals surface area contributed by atoms with Gasteiger partial charge in [0.15, 0.2) is 6.10 Å². The number of aliphatic carboxylic acids is 1. The van der Waals surface area contributed by atoms with Gasteiger partial charge in [-0.05, 0) is 52.8 Å². The van der Waals surface area contributed by atoms with Crippen molar-refractivity contribution in [1.29, 1.82) is 0 Å². The summed E-state index contributed by atoms with van der Waals surface area (Å²) in [5, 5.41) is 17.9. The molecular weight excluding hydrogens is 363 g/mol. The lowest BCUT2D eigenvalue weighted by Gasteiger charge is -2.09. The molecule has 5 heteroatoms. The number of hydrogen-bond donors (Lipinski definition) is 2. The lowest BCUT2D eigenvalue weighted by Crippen LogP contribution is -2.10. The maximum Gasteiger partial charge on any atom is 0.337 e. The highest BCUT2D eigenvalue weighted by Crippen LogP contribution is 2.26. The Morgan fingerprint density at radius 2 is 2.14 bits per heavy atom. The third-order valence-corrected chi connectivity index (χ3v) is 3.80. The van der Waals surface area contributed by atoms with Crippen molar-refractivity contribution < 1.29 is 15.0 Å². The van der Waals surface area contributed by atoms with Crippen LogP contribution in [-0.2, 0) is 4.79 Å². The molecule has 0 saturated carbocycles. The molecule has 0 aliphatic rings. The molecule has 3 nitrogen and oxygen atoms in total. The number of benzene rings is 1. The summed E-state index contributed by atoms with van der Waals surface area (Å²) < 4.78 is 1.73. The number of halogens is 2. The van der Waals surface area contributed by atoms with Crippen molar-refractivity contribution in [3.63, 3.8) is 0 Å². The first-order valence-electron chi connectivity index (χ1n) is 3.80. The summed E-state index contributed by atoms with van der Waals surface area (Å²) in [6, 6.07) is 3.29. The average molecular weight is 371 g/mol. The summed E-state index contributed by atoms with van der Waals surface area (Å²) >= 11 is 5.40. The van der Waals surface area contributed by atoms with E-state index in [2.05, 4.69) is 38.5 Å². The Bertz CT molecular complexity index is 355. The van der Waals surface area contributed by atoms with Gasteiger partial charge in [0, 0.05) is 8.04 Å². The topological polar surface area (TPSA) is 57.5 Å². The predicted molar refractivity (Wildman–Crippen MR) is 64.2 cm³/mol. The number of hydrogen-bond acceptors (Lipinski definition) is 2. The van der Waals surface area contributed by atoms with Crippen molar-refractivity contribution in [2.45, 2.75) is 13.0 Å². The molecule has 1 rings (SSSR count). The van der Waals surface area contributed by atoms with Crippen molar-refractivity contribution in [1.82, 2.24) is 0 Å². The molecule has 0 aliphatic carbocycles. The highest BCUT2D eigenvalue weighted by Gasteiger charge is 2.17. The van der Waals surface area contributed by atoms with E-state index in [-0.39, 0.29) is 0 Å². The third kappa shape index (κ3) is 2.46. The van der Waals surface area contributed by atoms with E-state index in [0.717, 1.165) is 13.6 Å². The van der Waals surface area contributed by atoms with Gasteiger partial charge in [-0.15, -0.1) is 0 Å². The van der Waals surface area contributed by atoms with E-state index in [0.29, 0.717) is 5.56 Å². The molecule has 0 aliphatic heterocycles. The molecule has 1 aromatic rings. The number of carboxylic acids is 1. The van der Waals surface area contributed by atoms with Crippen molar-refractivity contribution >= 4 is 44.5 Å². The molecule has 1 atom stereocenters. The van der Waals surface area contributed by atoms with Crippen LogP contribution in [0.1, 0.15) is 17.2 Å². The van der Waals surface area contributed by atoms with Crippen LogP contribution in [0.25, 0.3) is 0 Å². The highest BCUT2D eigenvalue weighted by molar-refractivity contribution is 14.1. The zero-order valence-electron chi connectivity index (χ0n) is 7.29. The second-order valence-corrected chi connectivity index (χ2v) is 4.87. The first kappa shape index (κ1) is 11.9. The fraction of sp³-hybridized carbons (Fsp3) is 0.222. The number of carbonyl (C=O) groups is 1. The molecular formula is C9H8BrIO3. The van der Waals surface area contributed by atoms with Crippen LogP contribution in [0.4, 0.5) is 0 Å². The molecule has 2 N–H and O–H groups in total. The molecule has 0 aromatic heterocycles. The second kappa shape index (κ2) is 4.59. The van der Waals surface area contributed by atoms with Crippen LogP contribution in [0.15, 0.2) is 16.6 Å². The van der Waals surface area contributed by atoms with Crippen LogP contribution in [0.2, 0.25) is 0 Å². The van der Waals surface area contributed by atoms with Gasteiger partial charge in [-0.1, -0.05) is 15.9 Å². The van der Waals surface area contributed by atoms with E-state index in [1.165, 1.54) is 0 Å². The van der Waals surface area contributed by atoms with Crippen molar-refractivity contribution in [3.05, 3.63) is 31.3 Å². The lowest BCUT2D eigenvalue weighted by atomic mass is 10.1. The van der Waals surface area contributed by atoms with Gasteiger partial charge in [0.05, 0.1) is 0 Å². The number of aliphatic hydroxyl groups excluding tert-OH is 1. The molecule has 0 amide bonds. The summed E-state index contributed by atoms with van der Waals surface area (Å²) in [5.74, 6) is -1.24. The first-order chi connectivity index (χ1) is 6.43. The first-order valence-corrected chi connectivity index (χ1v) is 5.67. The minimum absolute atomic E-state index is 0.388. The fourth-order valence-electron chi connectivity index (χ4n) is 0.965. The van der Waals surface area contributed by atoms with Gasteiger partial charge in [-0.2, -0.15) is 0 Å². The Labute approximate surface area is 103 Å². The monoisotopic (exact) mass is 370 g/mol. The number of aliphatic hydroxyl groups is 1. The molecule has 0 bridgehead atoms. The van der Waals surface area contributed by atoms with E-state index in [4.69, 9.17) is 5.11 Å². The molecule has 76 valence electrons. The smallest absolute Gasteiger partial charge is 0.337 e. The van der Waals surface area contributed by atoms with E-state index in [1.807, 2.05) is 6.92 Å². The van der Waals surface area contributed by atoms with Gasteiger partial charge in [0.2, 0.25) is 0 Å². The van der Waals surface area contributed by atoms with Crippen LogP contribution in [0.3, 0.4) is 0 Å². The fourth-order valence-corrected chi connectivity index (χ4v) is 2.46. The Morgan fingerprint density at radius 3 is 2.57 bits per heavy atom. The van der Waals surface area contributed by atoms with E-state index in [1.54, 1.807) is 12.1 Å². The summed E-state index contributed by atoms with van der Waals surface area (Å²) in [7, 11) is 0. The summed E-state index contributed by atoms with van der Waals surface area (Å²) in [6.45, 7) is 1.92. The molecule has 0 radical (unpaired) electrons. The van der Waals surface area contributed by atoms with Crippen LogP contribution in [0.5, 0.6) is 0 Å². The van der Waals surface area contributed by atoms with Gasteiger partial charge in [0.25, 0.3) is 0 Å². The Hall–Kier alpha value is -0.140. The summed E-state index contributed by atoms with van der Waals surface area (Å²) in [4.78, 5) is 10.5. The Balaban J connectivity index is 3.19. The van der Waals surface area contributed by atoms with E-state index in [9.17, 15) is 9.90 Å². The van der Waals surface area contributed by atoms with Crippen molar-refractivity contribution in [3.8, 4) is 0 Å². The molecule has 1 unspecified atom stereocenters. The SMILES string of the molecule is Cc1c(Br)cc(C(O)C(=O)O)cc1I. The number of carboxylic acid groups (broad SMARTS) is 1. The molecule has 0 heterocycles. The lowest BCUT2D eigenvalue weighted by molar-refractivity contribution is -0.146. The van der Waals surface area contributed by atoms with Crippen LogP contribution in [-0.4, -0.2) is 16.2 Å². The van der Waals surface area contributed by atoms with E-state index < -0.39 is 12.1 Å². The minimum atomic E-state index is -1.46. The highest BCUT2D eigenvalue weighted by atomic mass is 127. The third-order valence-electron chi connectivity index (χ3n) is 1.85. The largest absolute Gasteiger partial charge is 0.479 e. The van der Waals surface area contributed by atoms with E-state index >= 15 is 0 Å². The second-order valence-electron chi connectivity index (χ2n) is 2.85.